The van der Waals surface area contributed by atoms with Gasteiger partial charge >= 0.3 is 0 Å². The van der Waals surface area contributed by atoms with Crippen LogP contribution in [0, 0.1) is 0 Å². The number of nitrogens with zero attached hydrogens (tertiary/aromatic N) is 4. The molecule has 1 aromatic carbocycles. The van der Waals surface area contributed by atoms with E-state index in [1.807, 2.05) is 11.5 Å². The average molecular weight is 438 g/mol. The molecule has 0 aliphatic carbocycles. The highest BCUT2D eigenvalue weighted by molar-refractivity contribution is 7.99. The van der Waals surface area contributed by atoms with Crippen LogP contribution in [0.15, 0.2) is 41.7 Å². The van der Waals surface area contributed by atoms with Gasteiger partial charge < -0.3 is 14.6 Å². The van der Waals surface area contributed by atoms with Crippen LogP contribution < -0.4 is 10.1 Å². The molecule has 0 saturated heterocycles. The molecule has 0 aliphatic heterocycles. The molecule has 0 spiro atoms. The number of pyridine rings is 1. The van der Waals surface area contributed by atoms with Crippen molar-refractivity contribution >= 4 is 46.6 Å². The first-order valence-corrected chi connectivity index (χ1v) is 10.1. The Morgan fingerprint density at radius 2 is 2.11 bits per heavy atom. The Bertz CT molecular complexity index is 996. The summed E-state index contributed by atoms with van der Waals surface area (Å²) in [4.78, 5) is 16.2. The van der Waals surface area contributed by atoms with Crippen molar-refractivity contribution < 1.29 is 9.53 Å². The molecule has 2 heterocycles. The van der Waals surface area contributed by atoms with E-state index >= 15 is 0 Å². The molecule has 146 valence electrons. The predicted octanol–water partition coefficient (Wildman–Crippen LogP) is 4.41. The van der Waals surface area contributed by atoms with Crippen LogP contribution in [0.2, 0.25) is 10.2 Å². The molecule has 3 aromatic rings. The summed E-state index contributed by atoms with van der Waals surface area (Å²) < 4.78 is 7.32. The number of amides is 1. The van der Waals surface area contributed by atoms with Crippen LogP contribution in [-0.4, -0.2) is 38.5 Å². The summed E-state index contributed by atoms with van der Waals surface area (Å²) in [6.07, 6.45) is 1.56. The summed E-state index contributed by atoms with van der Waals surface area (Å²) in [6.45, 7) is 2.60. The van der Waals surface area contributed by atoms with Crippen molar-refractivity contribution in [1.29, 1.82) is 0 Å². The van der Waals surface area contributed by atoms with Crippen molar-refractivity contribution in [2.45, 2.75) is 18.6 Å². The molecule has 0 radical (unpaired) electrons. The Labute approximate surface area is 176 Å². The largest absolute Gasteiger partial charge is 0.496 e. The number of thioether (sulfide) groups is 1. The van der Waals surface area contributed by atoms with Gasteiger partial charge in [0.15, 0.2) is 16.1 Å². The minimum atomic E-state index is -0.215. The summed E-state index contributed by atoms with van der Waals surface area (Å²) in [5.41, 5.74) is 1.21. The van der Waals surface area contributed by atoms with E-state index in [1.54, 1.807) is 43.6 Å². The Morgan fingerprint density at radius 3 is 2.82 bits per heavy atom. The fraction of sp³-hybridized carbons (Fsp3) is 0.222. The highest BCUT2D eigenvalue weighted by Gasteiger charge is 2.18. The van der Waals surface area contributed by atoms with Crippen LogP contribution in [0.1, 0.15) is 6.92 Å². The number of rotatable bonds is 7. The molecule has 0 unspecified atom stereocenters. The Kier molecular flexibility index (Phi) is 6.77. The highest BCUT2D eigenvalue weighted by atomic mass is 35.5. The van der Waals surface area contributed by atoms with Gasteiger partial charge in [0.2, 0.25) is 5.91 Å². The summed E-state index contributed by atoms with van der Waals surface area (Å²) in [7, 11) is 1.59. The van der Waals surface area contributed by atoms with E-state index in [4.69, 9.17) is 27.9 Å². The predicted molar refractivity (Wildman–Crippen MR) is 111 cm³/mol. The first-order chi connectivity index (χ1) is 13.5. The van der Waals surface area contributed by atoms with E-state index in [2.05, 4.69) is 20.5 Å². The number of benzene rings is 1. The van der Waals surface area contributed by atoms with Gasteiger partial charge in [0.1, 0.15) is 5.75 Å². The third kappa shape index (κ3) is 4.57. The molecule has 0 bridgehead atoms. The zero-order chi connectivity index (χ0) is 20.1. The molecule has 7 nitrogen and oxygen atoms in total. The van der Waals surface area contributed by atoms with Gasteiger partial charge in [0.05, 0.1) is 24.1 Å². The third-order valence-corrected chi connectivity index (χ3v) is 5.30. The molecule has 0 aliphatic rings. The first kappa shape index (κ1) is 20.4. The Balaban J connectivity index is 1.77. The van der Waals surface area contributed by atoms with Crippen LogP contribution in [0.3, 0.4) is 0 Å². The van der Waals surface area contributed by atoms with Gasteiger partial charge in [-0.3, -0.25) is 4.79 Å². The molecule has 10 heteroatoms. The molecule has 1 amide bonds. The topological polar surface area (TPSA) is 81.9 Å². The van der Waals surface area contributed by atoms with Gasteiger partial charge in [-0.05, 0) is 37.3 Å². The van der Waals surface area contributed by atoms with Crippen molar-refractivity contribution in [2.24, 2.45) is 0 Å². The quantitative estimate of drug-likeness (QED) is 0.435. The van der Waals surface area contributed by atoms with Gasteiger partial charge in [0, 0.05) is 17.8 Å². The third-order valence-electron chi connectivity index (χ3n) is 3.80. The molecule has 28 heavy (non-hydrogen) atoms. The summed E-state index contributed by atoms with van der Waals surface area (Å²) in [5, 5.41) is 12.7. The monoisotopic (exact) mass is 437 g/mol. The molecule has 0 fully saturated rings. The fourth-order valence-electron chi connectivity index (χ4n) is 2.53. The zero-order valence-electron chi connectivity index (χ0n) is 15.1. The average Bonchev–Trinajstić information content (AvgIpc) is 3.11. The number of ether oxygens (including phenoxy) is 1. The molecule has 0 atom stereocenters. The Hall–Kier alpha value is -2.29. The van der Waals surface area contributed by atoms with Crippen molar-refractivity contribution in [1.82, 2.24) is 19.7 Å². The van der Waals surface area contributed by atoms with Crippen LogP contribution >= 0.6 is 35.0 Å². The van der Waals surface area contributed by atoms with Gasteiger partial charge in [-0.15, -0.1) is 10.2 Å². The maximum absolute atomic E-state index is 12.2. The van der Waals surface area contributed by atoms with E-state index in [1.165, 1.54) is 11.8 Å². The molecule has 1 N–H and O–H groups in total. The minimum Gasteiger partial charge on any atom is -0.496 e. The second-order valence-corrected chi connectivity index (χ2v) is 7.31. The van der Waals surface area contributed by atoms with Crippen molar-refractivity contribution in [3.63, 3.8) is 0 Å². The lowest BCUT2D eigenvalue weighted by molar-refractivity contribution is -0.113. The number of hydrogen-bond acceptors (Lipinski definition) is 6. The van der Waals surface area contributed by atoms with Gasteiger partial charge in [-0.1, -0.05) is 35.0 Å². The lowest BCUT2D eigenvalue weighted by Gasteiger charge is -2.11. The van der Waals surface area contributed by atoms with Crippen molar-refractivity contribution in [2.75, 3.05) is 18.2 Å². The molecular weight excluding hydrogens is 421 g/mol. The molecule has 0 saturated carbocycles. The number of halogens is 2. The Morgan fingerprint density at radius 1 is 1.29 bits per heavy atom. The number of aromatic nitrogens is 4. The van der Waals surface area contributed by atoms with Crippen LogP contribution in [0.5, 0.6) is 5.75 Å². The second-order valence-electron chi connectivity index (χ2n) is 5.57. The smallest absolute Gasteiger partial charge is 0.234 e. The minimum absolute atomic E-state index is 0.149. The lowest BCUT2D eigenvalue weighted by Crippen LogP contribution is -2.15. The molecule has 3 rings (SSSR count). The maximum Gasteiger partial charge on any atom is 0.234 e. The fourth-order valence-corrected chi connectivity index (χ4v) is 3.67. The van der Waals surface area contributed by atoms with E-state index in [0.717, 1.165) is 5.56 Å². The maximum atomic E-state index is 12.2. The zero-order valence-corrected chi connectivity index (χ0v) is 17.5. The van der Waals surface area contributed by atoms with E-state index in [0.29, 0.717) is 34.0 Å². The number of anilines is 1. The van der Waals surface area contributed by atoms with E-state index in [-0.39, 0.29) is 16.8 Å². The van der Waals surface area contributed by atoms with Crippen molar-refractivity contribution in [3.8, 4) is 17.1 Å². The number of nitrogens with one attached hydrogen (secondary N) is 1. The highest BCUT2D eigenvalue weighted by Crippen LogP contribution is 2.33. The standard InChI is InChI=1S/C18H17Cl2N5O2S/c1-3-25-17(12-9-11(19)6-7-14(12)27-2)23-24-18(25)28-10-15(26)22-13-5-4-8-21-16(13)20/h4-9H,3,10H2,1-2H3,(H,22,26). The van der Waals surface area contributed by atoms with E-state index in [9.17, 15) is 4.79 Å². The number of hydrogen-bond donors (Lipinski definition) is 1. The molecular formula is C18H17Cl2N5O2S. The SMILES string of the molecule is CCn1c(SCC(=O)Nc2cccnc2Cl)nnc1-c1cc(Cl)ccc1OC. The normalized spacial score (nSPS) is 10.7. The van der Waals surface area contributed by atoms with Gasteiger partial charge in [0.25, 0.3) is 0 Å². The van der Waals surface area contributed by atoms with Crippen LogP contribution in [0.25, 0.3) is 11.4 Å². The number of methoxy groups -OCH3 is 1. The first-order valence-electron chi connectivity index (χ1n) is 8.33. The van der Waals surface area contributed by atoms with Crippen molar-refractivity contribution in [3.05, 3.63) is 46.7 Å². The lowest BCUT2D eigenvalue weighted by atomic mass is 10.2. The summed E-state index contributed by atoms with van der Waals surface area (Å²) in [5.74, 6) is 1.20. The van der Waals surface area contributed by atoms with Gasteiger partial charge in [-0.2, -0.15) is 0 Å². The molecule has 2 aromatic heterocycles. The van der Waals surface area contributed by atoms with Crippen LogP contribution in [0.4, 0.5) is 5.69 Å². The summed E-state index contributed by atoms with van der Waals surface area (Å²) >= 11 is 13.4. The number of carbonyl (C=O) groups is 1. The summed E-state index contributed by atoms with van der Waals surface area (Å²) in [6, 6.07) is 8.70. The number of carbonyl (C=O) groups excluding carboxylic acids is 1. The van der Waals surface area contributed by atoms with Crippen LogP contribution in [-0.2, 0) is 11.3 Å². The second kappa shape index (κ2) is 9.27. The van der Waals surface area contributed by atoms with E-state index < -0.39 is 0 Å². The van der Waals surface area contributed by atoms with Gasteiger partial charge in [-0.25, -0.2) is 4.98 Å².